The predicted molar refractivity (Wildman–Crippen MR) is 177 cm³/mol. The second-order valence-corrected chi connectivity index (χ2v) is 13.8. The highest BCUT2D eigenvalue weighted by atomic mass is 19.1. The number of nitrogens with zero attached hydrogens (tertiary/aromatic N) is 5. The number of imidazole rings is 1. The summed E-state index contributed by atoms with van der Waals surface area (Å²) in [5.74, 6) is 0.988. The van der Waals surface area contributed by atoms with Gasteiger partial charge in [-0.05, 0) is 63.4 Å². The molecule has 10 nitrogen and oxygen atoms in total. The van der Waals surface area contributed by atoms with Crippen molar-refractivity contribution in [2.45, 2.75) is 97.1 Å². The summed E-state index contributed by atoms with van der Waals surface area (Å²) in [6, 6.07) is 8.38. The van der Waals surface area contributed by atoms with Crippen LogP contribution in [0.3, 0.4) is 0 Å². The van der Waals surface area contributed by atoms with Gasteiger partial charge in [0.2, 0.25) is 5.91 Å². The molecule has 1 saturated heterocycles. The molecular weight excluding hydrogens is 585 g/mol. The van der Waals surface area contributed by atoms with Gasteiger partial charge in [-0.1, -0.05) is 33.1 Å². The Bertz CT molecular complexity index is 1790. The van der Waals surface area contributed by atoms with Gasteiger partial charge in [0.1, 0.15) is 23.1 Å². The number of amides is 2. The van der Waals surface area contributed by atoms with E-state index in [4.69, 9.17) is 20.4 Å². The van der Waals surface area contributed by atoms with Crippen LogP contribution in [0.25, 0.3) is 33.6 Å². The Morgan fingerprint density at radius 3 is 2.63 bits per heavy atom. The highest BCUT2D eigenvalue weighted by molar-refractivity contribution is 6.00. The molecule has 3 N–H and O–H groups in total. The number of rotatable bonds is 3. The molecule has 11 heteroatoms. The SMILES string of the molecule is COc1cc(C(=O)N2C[C@H](N)C[C@@H](F)[C@@H]2C)cc2nc(-c3cc4ccc5nc4n3CCCCCCC(C)(C)C(=O)N[C@@H]5C)n(C)c12. The quantitative estimate of drug-likeness (QED) is 0.301. The van der Waals surface area contributed by atoms with E-state index in [1.54, 1.807) is 26.2 Å². The fourth-order valence-corrected chi connectivity index (χ4v) is 6.99. The van der Waals surface area contributed by atoms with E-state index in [0.29, 0.717) is 23.4 Å². The fraction of sp³-hybridized carbons (Fsp3) is 0.543. The van der Waals surface area contributed by atoms with Gasteiger partial charge in [0.15, 0.2) is 5.82 Å². The van der Waals surface area contributed by atoms with Crippen LogP contribution in [0, 0.1) is 5.41 Å². The van der Waals surface area contributed by atoms with Crippen LogP contribution in [0.15, 0.2) is 30.3 Å². The maximum absolute atomic E-state index is 14.7. The van der Waals surface area contributed by atoms with Crippen molar-refractivity contribution in [3.8, 4) is 17.3 Å². The summed E-state index contributed by atoms with van der Waals surface area (Å²) < 4.78 is 24.7. The maximum Gasteiger partial charge on any atom is 0.254 e. The first-order valence-corrected chi connectivity index (χ1v) is 16.5. The van der Waals surface area contributed by atoms with E-state index in [0.717, 1.165) is 72.4 Å². The Morgan fingerprint density at radius 2 is 1.87 bits per heavy atom. The molecule has 46 heavy (non-hydrogen) atoms. The number of hydrogen-bond acceptors (Lipinski definition) is 6. The molecular formula is C35H46FN7O3. The normalized spacial score (nSPS) is 24.3. The molecule has 2 amide bonds. The first-order chi connectivity index (χ1) is 21.9. The fourth-order valence-electron chi connectivity index (χ4n) is 6.99. The van der Waals surface area contributed by atoms with Crippen molar-refractivity contribution in [2.24, 2.45) is 18.2 Å². The number of carbonyl (C=O) groups excluding carboxylic acids is 2. The first-order valence-electron chi connectivity index (χ1n) is 16.5. The van der Waals surface area contributed by atoms with Gasteiger partial charge in [0.05, 0.1) is 36.1 Å². The number of hydrogen-bond donors (Lipinski definition) is 2. The molecule has 3 aromatic heterocycles. The first kappa shape index (κ1) is 32.0. The summed E-state index contributed by atoms with van der Waals surface area (Å²) in [6.07, 6.45) is 3.94. The molecule has 1 fully saturated rings. The number of methoxy groups -OCH3 is 1. The van der Waals surface area contributed by atoms with Crippen molar-refractivity contribution in [1.29, 1.82) is 0 Å². The number of alkyl halides is 1. The van der Waals surface area contributed by atoms with E-state index in [-0.39, 0.29) is 24.3 Å². The van der Waals surface area contributed by atoms with Crippen LogP contribution in [-0.4, -0.2) is 67.7 Å². The smallest absolute Gasteiger partial charge is 0.254 e. The molecule has 246 valence electrons. The standard InChI is InChI=1S/C35H46FN7O3/c1-20-26-12-11-22-16-28(42(31(22)39-26)14-10-8-7-9-13-35(3,4)34(45)38-20)32-40-27-15-23(17-29(46-6)30(27)41(32)5)33(44)43-19-24(37)18-25(36)21(43)2/h11-12,15-17,20-21,24-25H,7-10,13-14,18-19,37H2,1-6H3,(H,38,45)/t20-,21+,24-,25-/m1/s1. The van der Waals surface area contributed by atoms with Crippen LogP contribution >= 0.6 is 0 Å². The third-order valence-electron chi connectivity index (χ3n) is 9.97. The monoisotopic (exact) mass is 631 g/mol. The zero-order chi connectivity index (χ0) is 32.9. The second kappa shape index (κ2) is 12.3. The number of nitrogens with two attached hydrogens (primary N) is 1. The number of ether oxygens (including phenoxy) is 1. The van der Waals surface area contributed by atoms with Gasteiger partial charge in [0.25, 0.3) is 5.91 Å². The van der Waals surface area contributed by atoms with Crippen LogP contribution in [0.5, 0.6) is 5.75 Å². The lowest BCUT2D eigenvalue weighted by atomic mass is 9.85. The minimum Gasteiger partial charge on any atom is -0.494 e. The molecule has 0 unspecified atom stereocenters. The molecule has 0 radical (unpaired) electrons. The number of nitrogens with one attached hydrogen (secondary N) is 1. The average molecular weight is 632 g/mol. The molecule has 5 heterocycles. The number of likely N-dealkylation sites (tertiary alicyclic amines) is 1. The molecule has 0 aliphatic carbocycles. The number of aromatic nitrogens is 4. The number of benzene rings is 1. The number of fused-ring (bicyclic) bond motifs is 2. The zero-order valence-electron chi connectivity index (χ0n) is 27.8. The highest BCUT2D eigenvalue weighted by Gasteiger charge is 2.36. The van der Waals surface area contributed by atoms with Gasteiger partial charge in [-0.25, -0.2) is 14.4 Å². The molecule has 0 spiro atoms. The Balaban J connectivity index is 1.43. The van der Waals surface area contributed by atoms with Gasteiger partial charge in [-0.15, -0.1) is 0 Å². The summed E-state index contributed by atoms with van der Waals surface area (Å²) in [7, 11) is 3.52. The number of piperidine rings is 1. The van der Waals surface area contributed by atoms with Crippen LogP contribution in [0.4, 0.5) is 4.39 Å². The van der Waals surface area contributed by atoms with Crippen LogP contribution in [0.1, 0.15) is 88.3 Å². The van der Waals surface area contributed by atoms with Gasteiger partial charge in [-0.2, -0.15) is 0 Å². The zero-order valence-corrected chi connectivity index (χ0v) is 27.8. The van der Waals surface area contributed by atoms with Crippen molar-refractivity contribution < 1.29 is 18.7 Å². The summed E-state index contributed by atoms with van der Waals surface area (Å²) in [4.78, 5) is 38.5. The van der Waals surface area contributed by atoms with Crippen molar-refractivity contribution in [3.63, 3.8) is 0 Å². The molecule has 2 aliphatic rings. The lowest BCUT2D eigenvalue weighted by molar-refractivity contribution is -0.130. The molecule has 6 rings (SSSR count). The summed E-state index contributed by atoms with van der Waals surface area (Å²) in [6.45, 7) is 8.80. The largest absolute Gasteiger partial charge is 0.494 e. The van der Waals surface area contributed by atoms with Crippen LogP contribution in [0.2, 0.25) is 0 Å². The molecule has 1 aromatic carbocycles. The van der Waals surface area contributed by atoms with Gasteiger partial charge >= 0.3 is 0 Å². The van der Waals surface area contributed by atoms with E-state index < -0.39 is 23.7 Å². The van der Waals surface area contributed by atoms with Crippen molar-refractivity contribution in [1.82, 2.24) is 29.3 Å². The Hall–Kier alpha value is -3.99. The Morgan fingerprint density at radius 1 is 1.11 bits per heavy atom. The molecule has 2 bridgehead atoms. The van der Waals surface area contributed by atoms with Crippen LogP contribution < -0.4 is 15.8 Å². The van der Waals surface area contributed by atoms with E-state index in [1.165, 1.54) is 4.90 Å². The van der Waals surface area contributed by atoms with Gasteiger partial charge < -0.3 is 29.8 Å². The molecule has 4 aromatic rings. The number of halogens is 1. The minimum absolute atomic E-state index is 0.0450. The van der Waals surface area contributed by atoms with Gasteiger partial charge in [-0.3, -0.25) is 9.59 Å². The predicted octanol–water partition coefficient (Wildman–Crippen LogP) is 5.67. The van der Waals surface area contributed by atoms with Gasteiger partial charge in [0, 0.05) is 42.5 Å². The molecule has 2 aliphatic heterocycles. The van der Waals surface area contributed by atoms with Crippen LogP contribution in [-0.2, 0) is 18.4 Å². The maximum atomic E-state index is 14.7. The Kier molecular flexibility index (Phi) is 8.56. The third kappa shape index (κ3) is 5.74. The van der Waals surface area contributed by atoms with E-state index in [2.05, 4.69) is 22.0 Å². The Labute approximate surface area is 269 Å². The highest BCUT2D eigenvalue weighted by Crippen LogP contribution is 2.36. The molecule has 0 saturated carbocycles. The van der Waals surface area contributed by atoms with E-state index >= 15 is 0 Å². The molecule has 4 atom stereocenters. The van der Waals surface area contributed by atoms with E-state index in [1.807, 2.05) is 38.5 Å². The number of aryl methyl sites for hydroxylation is 2. The summed E-state index contributed by atoms with van der Waals surface area (Å²) in [5.41, 5.74) is 9.96. The summed E-state index contributed by atoms with van der Waals surface area (Å²) >= 11 is 0. The second-order valence-electron chi connectivity index (χ2n) is 13.8. The van der Waals surface area contributed by atoms with E-state index in [9.17, 15) is 14.0 Å². The van der Waals surface area contributed by atoms with Crippen molar-refractivity contribution >= 4 is 33.9 Å². The summed E-state index contributed by atoms with van der Waals surface area (Å²) in [5, 5.41) is 4.17. The number of carbonyl (C=O) groups is 2. The third-order valence-corrected chi connectivity index (χ3v) is 9.97. The lowest BCUT2D eigenvalue weighted by Crippen LogP contribution is -2.55. The van der Waals surface area contributed by atoms with Crippen molar-refractivity contribution in [2.75, 3.05) is 13.7 Å². The lowest BCUT2D eigenvalue weighted by Gasteiger charge is -2.38. The average Bonchev–Trinajstić information content (AvgIpc) is 3.55. The minimum atomic E-state index is -1.18. The van der Waals surface area contributed by atoms with Crippen molar-refractivity contribution in [3.05, 3.63) is 41.6 Å². The topological polar surface area (TPSA) is 120 Å². The number of pyridine rings is 1.